The van der Waals surface area contributed by atoms with Crippen molar-refractivity contribution in [2.24, 2.45) is 4.99 Å². The summed E-state index contributed by atoms with van der Waals surface area (Å²) in [7, 11) is 3.46. The van der Waals surface area contributed by atoms with Crippen molar-refractivity contribution < 1.29 is 57.1 Å². The Kier molecular flexibility index (Phi) is 23.2. The summed E-state index contributed by atoms with van der Waals surface area (Å²) >= 11 is 0. The molecular weight excluding hydrogens is 949 g/mol. The van der Waals surface area contributed by atoms with Gasteiger partial charge in [-0.25, -0.2) is 0 Å². The maximum absolute atomic E-state index is 14.0. The number of benzene rings is 2. The lowest BCUT2D eigenvalue weighted by atomic mass is 10.1. The van der Waals surface area contributed by atoms with Crippen molar-refractivity contribution in [3.63, 3.8) is 0 Å². The van der Waals surface area contributed by atoms with E-state index in [1.807, 2.05) is 70.4 Å². The fourth-order valence-electron chi connectivity index (χ4n) is 8.31. The van der Waals surface area contributed by atoms with Crippen LogP contribution in [0.15, 0.2) is 102 Å². The maximum Gasteiger partial charge on any atom is 0.258 e. The van der Waals surface area contributed by atoms with Crippen molar-refractivity contribution in [2.45, 2.75) is 78.3 Å². The largest absolute Gasteiger partial charge is 0.493 e. The number of hydrogen-bond donors (Lipinski definition) is 1. The number of hydrogen-bond acceptors (Lipinski definition) is 14. The summed E-state index contributed by atoms with van der Waals surface area (Å²) in [4.78, 5) is 73.2. The topological polar surface area (TPSA) is 187 Å². The maximum atomic E-state index is 14.0. The molecule has 0 saturated carbocycles. The fraction of sp³-hybridized carbons (Fsp3) is 0.464. The Balaban J connectivity index is 1.05. The second-order valence-electron chi connectivity index (χ2n) is 18.2. The van der Waals surface area contributed by atoms with Gasteiger partial charge in [-0.2, -0.15) is 0 Å². The smallest absolute Gasteiger partial charge is 0.258 e. The van der Waals surface area contributed by atoms with Crippen molar-refractivity contribution in [1.82, 2.24) is 24.9 Å². The van der Waals surface area contributed by atoms with Crippen LogP contribution >= 0.6 is 0 Å². The molecule has 18 heteroatoms. The molecule has 5 amide bonds. The monoisotopic (exact) mass is 1020 g/mol. The van der Waals surface area contributed by atoms with Gasteiger partial charge in [0.25, 0.3) is 23.6 Å². The number of likely N-dealkylation sites (N-methyl/N-ethyl adjacent to an activating group) is 1. The highest BCUT2D eigenvalue weighted by Crippen LogP contribution is 2.35. The predicted molar refractivity (Wildman–Crippen MR) is 283 cm³/mol. The van der Waals surface area contributed by atoms with Gasteiger partial charge in [0.1, 0.15) is 6.61 Å². The van der Waals surface area contributed by atoms with Crippen LogP contribution in [-0.2, 0) is 28.6 Å². The van der Waals surface area contributed by atoms with E-state index in [4.69, 9.17) is 33.2 Å². The number of ether oxygens (including phenoxy) is 7. The number of rotatable bonds is 33. The van der Waals surface area contributed by atoms with Gasteiger partial charge in [0.15, 0.2) is 23.0 Å². The molecule has 0 radical (unpaired) electrons. The van der Waals surface area contributed by atoms with Gasteiger partial charge in [-0.15, -0.1) is 13.2 Å². The molecule has 2 atom stereocenters. The van der Waals surface area contributed by atoms with Crippen LogP contribution in [0.1, 0.15) is 84.2 Å². The second kappa shape index (κ2) is 29.6. The Morgan fingerprint density at radius 1 is 0.703 bits per heavy atom. The van der Waals surface area contributed by atoms with E-state index < -0.39 is 11.8 Å². The van der Waals surface area contributed by atoms with Gasteiger partial charge >= 0.3 is 0 Å². The Morgan fingerprint density at radius 2 is 1.20 bits per heavy atom. The summed E-state index contributed by atoms with van der Waals surface area (Å²) in [5, 5.41) is 2.70. The number of aliphatic imine (C=N–C) groups is 1. The van der Waals surface area contributed by atoms with E-state index in [9.17, 15) is 24.0 Å². The summed E-state index contributed by atoms with van der Waals surface area (Å²) in [6.45, 7) is 23.4. The zero-order chi connectivity index (χ0) is 53.6. The first-order chi connectivity index (χ1) is 35.7. The first-order valence-corrected chi connectivity index (χ1v) is 25.1. The van der Waals surface area contributed by atoms with E-state index in [0.717, 1.165) is 59.3 Å². The fourth-order valence-corrected chi connectivity index (χ4v) is 8.31. The number of amides is 5. The van der Waals surface area contributed by atoms with Crippen molar-refractivity contribution in [3.05, 3.63) is 119 Å². The molecule has 1 N–H and O–H groups in total. The molecule has 0 fully saturated rings. The lowest BCUT2D eigenvalue weighted by Gasteiger charge is -2.23. The summed E-state index contributed by atoms with van der Waals surface area (Å²) < 4.78 is 41.3. The third-order valence-corrected chi connectivity index (χ3v) is 12.4. The molecule has 2 aromatic rings. The van der Waals surface area contributed by atoms with Crippen molar-refractivity contribution in [3.8, 4) is 23.0 Å². The molecule has 18 nitrogen and oxygen atoms in total. The van der Waals surface area contributed by atoms with E-state index >= 15 is 0 Å². The van der Waals surface area contributed by atoms with Crippen molar-refractivity contribution in [2.75, 3.05) is 93.3 Å². The summed E-state index contributed by atoms with van der Waals surface area (Å²) in [6.07, 6.45) is 15.3. The minimum Gasteiger partial charge on any atom is -0.493 e. The van der Waals surface area contributed by atoms with Crippen LogP contribution in [0.5, 0.6) is 23.0 Å². The molecule has 0 saturated heterocycles. The zero-order valence-corrected chi connectivity index (χ0v) is 44.0. The number of nitrogens with zero attached hydrogens (tertiary/aromatic N) is 5. The minimum atomic E-state index is -0.413. The first-order valence-electron chi connectivity index (χ1n) is 25.1. The van der Waals surface area contributed by atoms with Crippen molar-refractivity contribution >= 4 is 36.3 Å². The normalized spacial score (nSPS) is 16.3. The molecule has 3 heterocycles. The quantitative estimate of drug-likeness (QED) is 0.0338. The van der Waals surface area contributed by atoms with Gasteiger partial charge in [-0.3, -0.25) is 33.9 Å². The third kappa shape index (κ3) is 17.0. The molecule has 3 aliphatic rings. The van der Waals surface area contributed by atoms with Crippen LogP contribution in [0.25, 0.3) is 0 Å². The minimum absolute atomic E-state index is 0.0259. The SMILES string of the molecule is C=CC1CC(C)=CN1C(=O)c1cc(OC)c(OCCCCCOc2cc(C)c(C(=O)N3C=C(C)CC3C=C)cc2OC/C(=C/N(C)CCOCCOCCOCCNC(=O)CCN2C(=O)C=CC2=O)N=C)cc1C. The Morgan fingerprint density at radius 3 is 1.73 bits per heavy atom. The van der Waals surface area contributed by atoms with Gasteiger partial charge in [0.2, 0.25) is 5.91 Å². The Bertz CT molecular complexity index is 2450. The molecule has 0 spiro atoms. The molecule has 0 aromatic heterocycles. The molecule has 0 bridgehead atoms. The third-order valence-electron chi connectivity index (χ3n) is 12.4. The van der Waals surface area contributed by atoms with E-state index in [2.05, 4.69) is 30.2 Å². The lowest BCUT2D eigenvalue weighted by Crippen LogP contribution is -2.35. The van der Waals surface area contributed by atoms with Gasteiger partial charge in [-0.1, -0.05) is 23.3 Å². The summed E-state index contributed by atoms with van der Waals surface area (Å²) in [6, 6.07) is 6.95. The number of nitrogens with one attached hydrogen (secondary N) is 1. The van der Waals surface area contributed by atoms with Crippen LogP contribution in [-0.4, -0.2) is 161 Å². The van der Waals surface area contributed by atoms with E-state index in [0.29, 0.717) is 106 Å². The van der Waals surface area contributed by atoms with Gasteiger partial charge in [0.05, 0.1) is 77.7 Å². The predicted octanol–water partition coefficient (Wildman–Crippen LogP) is 6.88. The van der Waals surface area contributed by atoms with E-state index in [1.54, 1.807) is 41.2 Å². The molecule has 74 heavy (non-hydrogen) atoms. The Labute approximate surface area is 435 Å². The highest BCUT2D eigenvalue weighted by atomic mass is 16.5. The molecule has 2 unspecified atom stereocenters. The molecule has 5 rings (SSSR count). The number of imide groups is 1. The summed E-state index contributed by atoms with van der Waals surface area (Å²) in [5.74, 6) is 0.603. The van der Waals surface area contributed by atoms with Crippen molar-refractivity contribution in [1.29, 1.82) is 0 Å². The first kappa shape index (κ1) is 57.9. The number of carbonyl (C=O) groups excluding carboxylic acids is 5. The average Bonchev–Trinajstić information content (AvgIpc) is 4.07. The standard InChI is InChI=1S/C56H74N6O12/c1-10-44-29-39(3)35-61(44)55(66)46-33-48(68-9)49(31-41(46)5)72-21-13-12-14-22-73-50-32-42(6)47(56(67)62-36-40(4)30-45(62)11-2)34-51(50)74-38-43(57-7)37-59(8)20-24-70-26-28-71-27-25-69-23-18-58-52(63)17-19-60-53(64)15-16-54(60)65/h10-11,15-16,31-37,44-45H,1-2,7,12-14,17-30,38H2,3-6,8-9H3,(H,58,63)/b43-37-. The number of aryl methyl sites for hydroxylation is 2. The van der Waals surface area contributed by atoms with Crippen LogP contribution in [0, 0.1) is 13.8 Å². The van der Waals surface area contributed by atoms with Crippen LogP contribution < -0.4 is 24.3 Å². The van der Waals surface area contributed by atoms with E-state index in [-0.39, 0.29) is 49.4 Å². The average molecular weight is 1020 g/mol. The second-order valence-corrected chi connectivity index (χ2v) is 18.2. The lowest BCUT2D eigenvalue weighted by molar-refractivity contribution is -0.137. The molecule has 3 aliphatic heterocycles. The molecule has 400 valence electrons. The molecular formula is C56H74N6O12. The number of unbranched alkanes of at least 4 members (excludes halogenated alkanes) is 2. The molecule has 2 aromatic carbocycles. The molecule has 0 aliphatic carbocycles. The van der Waals surface area contributed by atoms with Gasteiger partial charge in [0, 0.05) is 75.0 Å². The van der Waals surface area contributed by atoms with Gasteiger partial charge in [-0.05, 0) is 102 Å². The number of methoxy groups -OCH3 is 1. The summed E-state index contributed by atoms with van der Waals surface area (Å²) in [5.41, 5.74) is 5.35. The number of carbonyl (C=O) groups is 5. The van der Waals surface area contributed by atoms with Crippen LogP contribution in [0.2, 0.25) is 0 Å². The highest BCUT2D eigenvalue weighted by Gasteiger charge is 2.30. The highest BCUT2D eigenvalue weighted by molar-refractivity contribution is 6.13. The van der Waals surface area contributed by atoms with Crippen LogP contribution in [0.3, 0.4) is 0 Å². The van der Waals surface area contributed by atoms with Crippen LogP contribution in [0.4, 0.5) is 0 Å². The zero-order valence-electron chi connectivity index (χ0n) is 44.0. The Hall–Kier alpha value is -7.02. The van der Waals surface area contributed by atoms with Gasteiger partial charge < -0.3 is 53.2 Å². The van der Waals surface area contributed by atoms with E-state index in [1.165, 1.54) is 12.2 Å².